The van der Waals surface area contributed by atoms with E-state index in [1.165, 1.54) is 25.7 Å². The van der Waals surface area contributed by atoms with E-state index in [0.717, 1.165) is 50.0 Å². The third kappa shape index (κ3) is 5.04. The van der Waals surface area contributed by atoms with E-state index >= 15 is 0 Å². The summed E-state index contributed by atoms with van der Waals surface area (Å²) in [7, 11) is 0. The average Bonchev–Trinajstić information content (AvgIpc) is 3.39. The van der Waals surface area contributed by atoms with Crippen molar-refractivity contribution in [2.75, 3.05) is 6.61 Å². The van der Waals surface area contributed by atoms with Crippen LogP contribution in [0.1, 0.15) is 87.4 Å². The average molecular weight is 398 g/mol. The predicted molar refractivity (Wildman–Crippen MR) is 109 cm³/mol. The van der Waals surface area contributed by atoms with Crippen LogP contribution >= 0.6 is 0 Å². The number of nitrogens with zero attached hydrogens (tertiary/aromatic N) is 2. The molecule has 2 saturated carbocycles. The topological polar surface area (TPSA) is 77.2 Å². The molecule has 0 atom stereocenters. The second-order valence-corrected chi connectivity index (χ2v) is 8.46. The summed E-state index contributed by atoms with van der Waals surface area (Å²) in [6, 6.07) is 9.90. The molecule has 1 N–H and O–H groups in total. The zero-order valence-corrected chi connectivity index (χ0v) is 17.1. The van der Waals surface area contributed by atoms with Crippen LogP contribution in [0.4, 0.5) is 0 Å². The largest absolute Gasteiger partial charge is 0.367 e. The van der Waals surface area contributed by atoms with Crippen molar-refractivity contribution in [3.8, 4) is 0 Å². The third-order valence-corrected chi connectivity index (χ3v) is 6.25. The minimum Gasteiger partial charge on any atom is -0.367 e. The number of carbonyl (C=O) groups is 1. The fourth-order valence-electron chi connectivity index (χ4n) is 4.64. The van der Waals surface area contributed by atoms with E-state index in [0.29, 0.717) is 18.3 Å². The Bertz CT molecular complexity index is 776. The molecule has 1 aromatic carbocycles. The molecule has 1 aromatic heterocycles. The fourth-order valence-corrected chi connectivity index (χ4v) is 4.64. The maximum Gasteiger partial charge on any atom is 0.246 e. The second kappa shape index (κ2) is 9.53. The highest BCUT2D eigenvalue weighted by Crippen LogP contribution is 2.37. The van der Waals surface area contributed by atoms with Crippen LogP contribution in [0, 0.1) is 0 Å². The molecular formula is C23H31N3O3. The van der Waals surface area contributed by atoms with Crippen molar-refractivity contribution < 1.29 is 14.1 Å². The van der Waals surface area contributed by atoms with Gasteiger partial charge in [0.25, 0.3) is 0 Å². The molecule has 0 aliphatic heterocycles. The number of aromatic nitrogens is 2. The highest BCUT2D eigenvalue weighted by Gasteiger charge is 2.39. The molecule has 0 unspecified atom stereocenters. The van der Waals surface area contributed by atoms with Crippen molar-refractivity contribution in [2.45, 2.75) is 82.3 Å². The Hall–Kier alpha value is -2.21. The van der Waals surface area contributed by atoms with Crippen LogP contribution in [0.5, 0.6) is 0 Å². The van der Waals surface area contributed by atoms with Gasteiger partial charge in [0.05, 0.1) is 6.61 Å². The van der Waals surface area contributed by atoms with Crippen molar-refractivity contribution in [1.29, 1.82) is 0 Å². The van der Waals surface area contributed by atoms with Gasteiger partial charge in [-0.25, -0.2) is 0 Å². The van der Waals surface area contributed by atoms with Crippen molar-refractivity contribution >= 4 is 5.91 Å². The number of ether oxygens (including phenoxy) is 1. The lowest BCUT2D eigenvalue weighted by atomic mass is 9.89. The smallest absolute Gasteiger partial charge is 0.246 e. The number of carbonyl (C=O) groups excluding carboxylic acids is 1. The fraction of sp³-hybridized carbons (Fsp3) is 0.609. The minimum atomic E-state index is -0.538. The molecule has 0 bridgehead atoms. The van der Waals surface area contributed by atoms with Crippen LogP contribution in [0.2, 0.25) is 0 Å². The molecule has 2 aromatic rings. The first kappa shape index (κ1) is 20.1. The van der Waals surface area contributed by atoms with Crippen LogP contribution in [0.15, 0.2) is 34.9 Å². The van der Waals surface area contributed by atoms with E-state index < -0.39 is 5.54 Å². The van der Waals surface area contributed by atoms with E-state index in [-0.39, 0.29) is 12.5 Å². The maximum atomic E-state index is 12.7. The summed E-state index contributed by atoms with van der Waals surface area (Å²) in [6.07, 6.45) is 10.8. The lowest BCUT2D eigenvalue weighted by Gasteiger charge is -2.30. The Morgan fingerprint density at radius 2 is 1.79 bits per heavy atom. The number of hydrogen-bond acceptors (Lipinski definition) is 5. The Balaban J connectivity index is 1.42. The molecular weight excluding hydrogens is 366 g/mol. The quantitative estimate of drug-likeness (QED) is 0.691. The summed E-state index contributed by atoms with van der Waals surface area (Å²) in [4.78, 5) is 17.5. The third-order valence-electron chi connectivity index (χ3n) is 6.25. The minimum absolute atomic E-state index is 0.0317. The molecule has 1 amide bonds. The molecule has 1 heterocycles. The molecule has 4 rings (SSSR count). The number of hydrogen-bond donors (Lipinski definition) is 1. The van der Waals surface area contributed by atoms with Crippen LogP contribution in [0.3, 0.4) is 0 Å². The molecule has 0 saturated heterocycles. The number of nitrogens with one attached hydrogen (secondary N) is 1. The lowest BCUT2D eigenvalue weighted by molar-refractivity contribution is -0.128. The van der Waals surface area contributed by atoms with Gasteiger partial charge in [-0.15, -0.1) is 0 Å². The summed E-state index contributed by atoms with van der Waals surface area (Å²) in [5.41, 5.74) is 0.521. The van der Waals surface area contributed by atoms with Gasteiger partial charge >= 0.3 is 0 Å². The monoisotopic (exact) mass is 397 g/mol. The van der Waals surface area contributed by atoms with E-state index in [1.807, 2.05) is 30.3 Å². The standard InChI is InChI=1S/C23H31N3O3/c27-20(17-28-16-18-10-4-3-5-11-18)25-23(14-8-1-2-9-15-23)22-24-21(29-26-22)19-12-6-7-13-19/h3-5,10-11,19H,1-2,6-9,12-17H2,(H,25,27). The molecule has 0 spiro atoms. The van der Waals surface area contributed by atoms with Gasteiger partial charge in [-0.1, -0.05) is 74.0 Å². The SMILES string of the molecule is O=C(COCc1ccccc1)NC1(c2noc(C3CCCC3)n2)CCCCCC1. The summed E-state index contributed by atoms with van der Waals surface area (Å²) in [6.45, 7) is 0.458. The van der Waals surface area contributed by atoms with Crippen LogP contribution in [0.25, 0.3) is 0 Å². The normalized spacial score (nSPS) is 19.7. The molecule has 2 fully saturated rings. The maximum absolute atomic E-state index is 12.7. The second-order valence-electron chi connectivity index (χ2n) is 8.46. The highest BCUT2D eigenvalue weighted by molar-refractivity contribution is 5.78. The molecule has 2 aliphatic carbocycles. The first-order chi connectivity index (χ1) is 14.3. The van der Waals surface area contributed by atoms with E-state index in [1.54, 1.807) is 0 Å². The zero-order valence-electron chi connectivity index (χ0n) is 17.1. The Kier molecular flexibility index (Phi) is 6.60. The first-order valence-corrected chi connectivity index (χ1v) is 11.0. The van der Waals surface area contributed by atoms with Crippen molar-refractivity contribution in [3.05, 3.63) is 47.6 Å². The lowest BCUT2D eigenvalue weighted by Crippen LogP contribution is -2.47. The molecule has 6 heteroatoms. The summed E-state index contributed by atoms with van der Waals surface area (Å²) >= 11 is 0. The summed E-state index contributed by atoms with van der Waals surface area (Å²) in [5.74, 6) is 1.66. The van der Waals surface area contributed by atoms with Gasteiger partial charge < -0.3 is 14.6 Å². The molecule has 2 aliphatic rings. The van der Waals surface area contributed by atoms with Crippen LogP contribution < -0.4 is 5.32 Å². The zero-order chi connectivity index (χ0) is 19.9. The summed E-state index contributed by atoms with van der Waals surface area (Å²) in [5, 5.41) is 7.57. The Labute approximate surface area is 172 Å². The first-order valence-electron chi connectivity index (χ1n) is 11.0. The highest BCUT2D eigenvalue weighted by atomic mass is 16.5. The van der Waals surface area contributed by atoms with Gasteiger partial charge in [0.1, 0.15) is 12.1 Å². The predicted octanol–water partition coefficient (Wildman–Crippen LogP) is 4.61. The molecule has 0 radical (unpaired) electrons. The van der Waals surface area contributed by atoms with Gasteiger partial charge in [-0.3, -0.25) is 4.79 Å². The summed E-state index contributed by atoms with van der Waals surface area (Å²) < 4.78 is 11.3. The van der Waals surface area contributed by atoms with E-state index in [2.05, 4.69) is 10.5 Å². The van der Waals surface area contributed by atoms with Gasteiger partial charge in [0.15, 0.2) is 5.82 Å². The molecule has 6 nitrogen and oxygen atoms in total. The van der Waals surface area contributed by atoms with Crippen molar-refractivity contribution in [1.82, 2.24) is 15.5 Å². The number of rotatable bonds is 7. The van der Waals surface area contributed by atoms with Gasteiger partial charge in [-0.2, -0.15) is 4.98 Å². The molecule has 29 heavy (non-hydrogen) atoms. The van der Waals surface area contributed by atoms with Gasteiger partial charge in [0, 0.05) is 5.92 Å². The van der Waals surface area contributed by atoms with Gasteiger partial charge in [-0.05, 0) is 31.2 Å². The van der Waals surface area contributed by atoms with Crippen molar-refractivity contribution in [3.63, 3.8) is 0 Å². The van der Waals surface area contributed by atoms with Crippen LogP contribution in [-0.4, -0.2) is 22.7 Å². The van der Waals surface area contributed by atoms with E-state index in [9.17, 15) is 4.79 Å². The molecule has 156 valence electrons. The Morgan fingerprint density at radius 1 is 1.07 bits per heavy atom. The Morgan fingerprint density at radius 3 is 2.52 bits per heavy atom. The number of amides is 1. The van der Waals surface area contributed by atoms with Crippen LogP contribution in [-0.2, 0) is 21.7 Å². The number of benzene rings is 1. The van der Waals surface area contributed by atoms with Gasteiger partial charge in [0.2, 0.25) is 11.8 Å². The van der Waals surface area contributed by atoms with Crippen molar-refractivity contribution in [2.24, 2.45) is 0 Å². The van der Waals surface area contributed by atoms with E-state index in [4.69, 9.17) is 14.2 Å².